The highest BCUT2D eigenvalue weighted by molar-refractivity contribution is 5.87. The van der Waals surface area contributed by atoms with Crippen molar-refractivity contribution in [2.75, 3.05) is 13.1 Å². The summed E-state index contributed by atoms with van der Waals surface area (Å²) in [5.74, 6) is -4.34. The molecule has 1 aromatic carbocycles. The molecule has 23 heavy (non-hydrogen) atoms. The number of amides is 2. The quantitative estimate of drug-likeness (QED) is 0.865. The molecular weight excluding hydrogens is 302 g/mol. The number of hydrogen-bond donors (Lipinski definition) is 1. The second kappa shape index (κ2) is 6.89. The summed E-state index contributed by atoms with van der Waals surface area (Å²) in [6.45, 7) is 4.78. The molecule has 6 heteroatoms. The van der Waals surface area contributed by atoms with Crippen LogP contribution in [0, 0.1) is 0 Å². The Balaban J connectivity index is 2.09. The average Bonchev–Trinajstić information content (AvgIpc) is 2.56. The Bertz CT molecular complexity index is 590. The van der Waals surface area contributed by atoms with Gasteiger partial charge in [0.05, 0.1) is 5.92 Å². The first kappa shape index (κ1) is 17.1. The van der Waals surface area contributed by atoms with Crippen molar-refractivity contribution in [2.45, 2.75) is 31.2 Å². The van der Waals surface area contributed by atoms with E-state index in [1.165, 1.54) is 4.90 Å². The number of alkyl halides is 2. The van der Waals surface area contributed by atoms with Crippen molar-refractivity contribution in [2.24, 2.45) is 0 Å². The zero-order chi connectivity index (χ0) is 17.0. The molecular formula is C17H20F2N2O2. The Morgan fingerprint density at radius 3 is 2.65 bits per heavy atom. The molecule has 1 aliphatic rings. The molecule has 0 spiro atoms. The van der Waals surface area contributed by atoms with Crippen LogP contribution in [0.1, 0.15) is 24.8 Å². The van der Waals surface area contributed by atoms with Crippen LogP contribution in [0.5, 0.6) is 0 Å². The molecule has 124 valence electrons. The minimum Gasteiger partial charge on any atom is -0.342 e. The monoisotopic (exact) mass is 322 g/mol. The summed E-state index contributed by atoms with van der Waals surface area (Å²) in [4.78, 5) is 25.3. The molecule has 1 saturated heterocycles. The first-order valence-electron chi connectivity index (χ1n) is 7.49. The largest absolute Gasteiger partial charge is 0.342 e. The molecule has 1 aromatic rings. The fourth-order valence-electron chi connectivity index (χ4n) is 2.64. The molecule has 2 unspecified atom stereocenters. The highest BCUT2D eigenvalue weighted by atomic mass is 19.3. The first-order chi connectivity index (χ1) is 10.8. The maximum Gasteiger partial charge on any atom is 0.271 e. The van der Waals surface area contributed by atoms with Gasteiger partial charge in [0.15, 0.2) is 0 Å². The number of carbonyl (C=O) groups excluding carboxylic acids is 2. The van der Waals surface area contributed by atoms with E-state index in [0.29, 0.717) is 0 Å². The van der Waals surface area contributed by atoms with Crippen molar-refractivity contribution in [3.8, 4) is 0 Å². The summed E-state index contributed by atoms with van der Waals surface area (Å²) in [6, 6.07) is 7.78. The van der Waals surface area contributed by atoms with Crippen molar-refractivity contribution in [3.63, 3.8) is 0 Å². The van der Waals surface area contributed by atoms with Crippen LogP contribution in [0.2, 0.25) is 0 Å². The van der Waals surface area contributed by atoms with Gasteiger partial charge in [-0.3, -0.25) is 9.59 Å². The molecule has 1 fully saturated rings. The summed E-state index contributed by atoms with van der Waals surface area (Å²) in [5, 5.41) is 2.22. The van der Waals surface area contributed by atoms with Crippen LogP contribution >= 0.6 is 0 Å². The van der Waals surface area contributed by atoms with E-state index in [1.54, 1.807) is 6.92 Å². The molecule has 2 rings (SSSR count). The van der Waals surface area contributed by atoms with Gasteiger partial charge in [0, 0.05) is 19.5 Å². The Morgan fingerprint density at radius 1 is 1.39 bits per heavy atom. The highest BCUT2D eigenvalue weighted by Crippen LogP contribution is 2.30. The van der Waals surface area contributed by atoms with E-state index in [-0.39, 0.29) is 19.0 Å². The second-order valence-electron chi connectivity index (χ2n) is 5.69. The summed E-state index contributed by atoms with van der Waals surface area (Å²) < 4.78 is 27.9. The number of halogens is 2. The normalized spacial score (nSPS) is 21.3. The predicted molar refractivity (Wildman–Crippen MR) is 83.1 cm³/mol. The van der Waals surface area contributed by atoms with Gasteiger partial charge in [0.1, 0.15) is 6.04 Å². The zero-order valence-corrected chi connectivity index (χ0v) is 13.0. The molecule has 4 nitrogen and oxygen atoms in total. The Labute approximate surface area is 134 Å². The molecule has 0 saturated carbocycles. The summed E-state index contributed by atoms with van der Waals surface area (Å²) >= 11 is 0. The van der Waals surface area contributed by atoms with Crippen LogP contribution in [0.4, 0.5) is 8.78 Å². The lowest BCUT2D eigenvalue weighted by Crippen LogP contribution is -2.59. The maximum absolute atomic E-state index is 13.9. The van der Waals surface area contributed by atoms with Crippen molar-refractivity contribution >= 4 is 11.8 Å². The fourth-order valence-corrected chi connectivity index (χ4v) is 2.64. The summed E-state index contributed by atoms with van der Waals surface area (Å²) in [5.41, 5.74) is 0.835. The lowest BCUT2D eigenvalue weighted by Gasteiger charge is -2.39. The van der Waals surface area contributed by atoms with E-state index in [2.05, 4.69) is 11.9 Å². The number of piperidine rings is 1. The molecule has 1 N–H and O–H groups in total. The minimum atomic E-state index is -3.04. The van der Waals surface area contributed by atoms with Crippen molar-refractivity contribution < 1.29 is 18.4 Å². The van der Waals surface area contributed by atoms with Crippen molar-refractivity contribution in [3.05, 3.63) is 48.6 Å². The lowest BCUT2D eigenvalue weighted by atomic mass is 9.96. The van der Waals surface area contributed by atoms with Gasteiger partial charge < -0.3 is 10.2 Å². The molecule has 0 bridgehead atoms. The van der Waals surface area contributed by atoms with E-state index in [0.717, 1.165) is 11.6 Å². The minimum absolute atomic E-state index is 0.0243. The van der Waals surface area contributed by atoms with Crippen LogP contribution in [0.3, 0.4) is 0 Å². The van der Waals surface area contributed by atoms with Gasteiger partial charge in [-0.2, -0.15) is 0 Å². The maximum atomic E-state index is 13.9. The predicted octanol–water partition coefficient (Wildman–Crippen LogP) is 2.33. The average molecular weight is 322 g/mol. The Hall–Kier alpha value is -2.24. The number of hydrogen-bond acceptors (Lipinski definition) is 2. The Kier molecular flexibility index (Phi) is 5.13. The Morgan fingerprint density at radius 2 is 2.04 bits per heavy atom. The SMILES string of the molecule is C=CC(=O)NC1CN(C(=O)C(C)c2ccccc2)CCC1(F)F. The van der Waals surface area contributed by atoms with E-state index in [1.807, 2.05) is 30.3 Å². The third-order valence-corrected chi connectivity index (χ3v) is 4.11. The van der Waals surface area contributed by atoms with Crippen LogP contribution in [-0.2, 0) is 9.59 Å². The molecule has 0 radical (unpaired) electrons. The molecule has 1 heterocycles. The van der Waals surface area contributed by atoms with Gasteiger partial charge >= 0.3 is 0 Å². The molecule has 2 atom stereocenters. The number of nitrogens with zero attached hydrogens (tertiary/aromatic N) is 1. The van der Waals surface area contributed by atoms with Crippen LogP contribution < -0.4 is 5.32 Å². The number of benzene rings is 1. The van der Waals surface area contributed by atoms with Crippen LogP contribution in [0.15, 0.2) is 43.0 Å². The zero-order valence-electron chi connectivity index (χ0n) is 13.0. The van der Waals surface area contributed by atoms with Gasteiger partial charge in [0.25, 0.3) is 5.92 Å². The second-order valence-corrected chi connectivity index (χ2v) is 5.69. The highest BCUT2D eigenvalue weighted by Gasteiger charge is 2.46. The third kappa shape index (κ3) is 3.94. The van der Waals surface area contributed by atoms with Gasteiger partial charge in [-0.1, -0.05) is 36.9 Å². The number of nitrogens with one attached hydrogen (secondary N) is 1. The summed E-state index contributed by atoms with van der Waals surface area (Å²) in [7, 11) is 0. The van der Waals surface area contributed by atoms with E-state index < -0.39 is 30.2 Å². The lowest BCUT2D eigenvalue weighted by molar-refractivity contribution is -0.144. The molecule has 2 amide bonds. The third-order valence-electron chi connectivity index (χ3n) is 4.11. The first-order valence-corrected chi connectivity index (χ1v) is 7.49. The van der Waals surface area contributed by atoms with E-state index in [9.17, 15) is 18.4 Å². The number of carbonyl (C=O) groups is 2. The van der Waals surface area contributed by atoms with Gasteiger partial charge in [-0.05, 0) is 18.6 Å². The fraction of sp³-hybridized carbons (Fsp3) is 0.412. The smallest absolute Gasteiger partial charge is 0.271 e. The van der Waals surface area contributed by atoms with Crippen LogP contribution in [0.25, 0.3) is 0 Å². The molecule has 1 aliphatic heterocycles. The van der Waals surface area contributed by atoms with E-state index >= 15 is 0 Å². The number of rotatable bonds is 4. The van der Waals surface area contributed by atoms with Crippen LogP contribution in [-0.4, -0.2) is 41.8 Å². The van der Waals surface area contributed by atoms with E-state index in [4.69, 9.17) is 0 Å². The molecule has 0 aliphatic carbocycles. The van der Waals surface area contributed by atoms with Gasteiger partial charge in [0.2, 0.25) is 11.8 Å². The van der Waals surface area contributed by atoms with Gasteiger partial charge in [-0.15, -0.1) is 0 Å². The van der Waals surface area contributed by atoms with Crippen molar-refractivity contribution in [1.82, 2.24) is 10.2 Å². The summed E-state index contributed by atoms with van der Waals surface area (Å²) in [6.07, 6.45) is 0.478. The molecule has 0 aromatic heterocycles. The standard InChI is InChI=1S/C17H20F2N2O2/c1-3-15(22)20-14-11-21(10-9-17(14,18)19)16(23)12(2)13-7-5-4-6-8-13/h3-8,12,14H,1,9-11H2,2H3,(H,20,22). The number of likely N-dealkylation sites (tertiary alicyclic amines) is 1. The topological polar surface area (TPSA) is 49.4 Å². The van der Waals surface area contributed by atoms with Crippen molar-refractivity contribution in [1.29, 1.82) is 0 Å². The van der Waals surface area contributed by atoms with Gasteiger partial charge in [-0.25, -0.2) is 8.78 Å².